The molecule has 2 aliphatic rings. The van der Waals surface area contributed by atoms with Crippen LogP contribution in [0.15, 0.2) is 54.6 Å². The predicted molar refractivity (Wildman–Crippen MR) is 108 cm³/mol. The molecule has 4 heteroatoms. The highest BCUT2D eigenvalue weighted by Crippen LogP contribution is 2.34. The Morgan fingerprint density at radius 1 is 0.926 bits per heavy atom. The normalized spacial score (nSPS) is 20.7. The number of piperidine rings is 1. The van der Waals surface area contributed by atoms with E-state index < -0.39 is 0 Å². The summed E-state index contributed by atoms with van der Waals surface area (Å²) in [6.07, 6.45) is 3.39. The van der Waals surface area contributed by atoms with Crippen molar-refractivity contribution < 1.29 is 9.84 Å². The molecule has 1 spiro atoms. The second kappa shape index (κ2) is 8.42. The van der Waals surface area contributed by atoms with E-state index in [0.29, 0.717) is 5.75 Å². The molecule has 2 heterocycles. The maximum Gasteiger partial charge on any atom is 0.120 e. The van der Waals surface area contributed by atoms with Gasteiger partial charge >= 0.3 is 0 Å². The molecule has 0 radical (unpaired) electrons. The summed E-state index contributed by atoms with van der Waals surface area (Å²) in [5, 5.41) is 10.2. The molecule has 2 saturated heterocycles. The Morgan fingerprint density at radius 2 is 1.67 bits per heavy atom. The van der Waals surface area contributed by atoms with Crippen molar-refractivity contribution in [1.82, 2.24) is 9.80 Å². The Morgan fingerprint density at radius 3 is 2.44 bits per heavy atom. The summed E-state index contributed by atoms with van der Waals surface area (Å²) in [6.45, 7) is 6.71. The third-order valence-corrected chi connectivity index (χ3v) is 6.25. The second-order valence-electron chi connectivity index (χ2n) is 7.90. The Hall–Kier alpha value is -1.88. The van der Waals surface area contributed by atoms with Gasteiger partial charge in [0.15, 0.2) is 0 Å². The second-order valence-corrected chi connectivity index (χ2v) is 7.90. The monoisotopic (exact) mass is 366 g/mol. The number of ether oxygens (including phenoxy) is 1. The molecule has 4 nitrogen and oxygen atoms in total. The van der Waals surface area contributed by atoms with Crippen molar-refractivity contribution in [1.29, 1.82) is 0 Å². The lowest BCUT2D eigenvalue weighted by Crippen LogP contribution is -2.61. The van der Waals surface area contributed by atoms with Crippen molar-refractivity contribution in [2.45, 2.75) is 31.3 Å². The van der Waals surface area contributed by atoms with Crippen LogP contribution in [0.2, 0.25) is 0 Å². The van der Waals surface area contributed by atoms with Crippen molar-refractivity contribution in [3.63, 3.8) is 0 Å². The lowest BCUT2D eigenvalue weighted by Gasteiger charge is -2.51. The van der Waals surface area contributed by atoms with Crippen molar-refractivity contribution in [3.05, 3.63) is 65.7 Å². The number of rotatable bonds is 5. The molecular weight excluding hydrogens is 336 g/mol. The van der Waals surface area contributed by atoms with Gasteiger partial charge in [0.25, 0.3) is 0 Å². The number of benzene rings is 2. The highest BCUT2D eigenvalue weighted by Gasteiger charge is 2.42. The SMILES string of the molecule is Oc1ccccc1CN1CCOCC12CCN(CCc1ccccc1)CC2. The molecule has 0 atom stereocenters. The number of likely N-dealkylation sites (tertiary alicyclic amines) is 1. The molecule has 2 aliphatic heterocycles. The van der Waals surface area contributed by atoms with Gasteiger partial charge in [-0.3, -0.25) is 4.90 Å². The molecular formula is C23H30N2O2. The van der Waals surface area contributed by atoms with Gasteiger partial charge in [-0.25, -0.2) is 0 Å². The summed E-state index contributed by atoms with van der Waals surface area (Å²) in [7, 11) is 0. The molecule has 2 aromatic carbocycles. The first-order valence-corrected chi connectivity index (χ1v) is 10.1. The van der Waals surface area contributed by atoms with E-state index in [9.17, 15) is 5.11 Å². The molecule has 0 unspecified atom stereocenters. The van der Waals surface area contributed by atoms with Crippen molar-refractivity contribution in [2.24, 2.45) is 0 Å². The lowest BCUT2D eigenvalue weighted by atomic mass is 9.84. The van der Waals surface area contributed by atoms with Crippen LogP contribution >= 0.6 is 0 Å². The number of phenols is 1. The van der Waals surface area contributed by atoms with Crippen molar-refractivity contribution in [3.8, 4) is 5.75 Å². The maximum atomic E-state index is 10.2. The largest absolute Gasteiger partial charge is 0.508 e. The zero-order valence-electron chi connectivity index (χ0n) is 16.0. The first-order valence-electron chi connectivity index (χ1n) is 10.1. The molecule has 1 N–H and O–H groups in total. The molecule has 2 aromatic rings. The number of morpholine rings is 1. The molecule has 144 valence electrons. The van der Waals surface area contributed by atoms with E-state index in [1.54, 1.807) is 6.07 Å². The summed E-state index contributed by atoms with van der Waals surface area (Å²) in [5.41, 5.74) is 2.55. The third kappa shape index (κ3) is 4.34. The third-order valence-electron chi connectivity index (χ3n) is 6.25. The highest BCUT2D eigenvalue weighted by molar-refractivity contribution is 5.32. The van der Waals surface area contributed by atoms with Crippen LogP contribution in [0.4, 0.5) is 0 Å². The molecule has 0 bridgehead atoms. The topological polar surface area (TPSA) is 35.9 Å². The first kappa shape index (κ1) is 18.5. The van der Waals surface area contributed by atoms with Gasteiger partial charge in [0.1, 0.15) is 5.75 Å². The van der Waals surface area contributed by atoms with Gasteiger partial charge < -0.3 is 14.7 Å². The number of hydrogen-bond donors (Lipinski definition) is 1. The zero-order chi connectivity index (χ0) is 18.5. The van der Waals surface area contributed by atoms with Crippen LogP contribution in [0.5, 0.6) is 5.75 Å². The van der Waals surface area contributed by atoms with Crippen LogP contribution in [0, 0.1) is 0 Å². The van der Waals surface area contributed by atoms with Crippen LogP contribution in [-0.4, -0.2) is 59.8 Å². The van der Waals surface area contributed by atoms with E-state index in [1.807, 2.05) is 18.2 Å². The molecule has 0 aliphatic carbocycles. The van der Waals surface area contributed by atoms with Gasteiger partial charge in [-0.15, -0.1) is 0 Å². The Kier molecular flexibility index (Phi) is 5.77. The van der Waals surface area contributed by atoms with Crippen LogP contribution in [0.3, 0.4) is 0 Å². The maximum absolute atomic E-state index is 10.2. The summed E-state index contributed by atoms with van der Waals surface area (Å²) in [6, 6.07) is 18.5. The van der Waals surface area contributed by atoms with E-state index in [1.165, 1.54) is 5.56 Å². The Balaban J connectivity index is 1.36. The van der Waals surface area contributed by atoms with Gasteiger partial charge in [-0.1, -0.05) is 48.5 Å². The molecule has 0 saturated carbocycles. The Bertz CT molecular complexity index is 726. The van der Waals surface area contributed by atoms with Gasteiger partial charge in [-0.05, 0) is 44.0 Å². The smallest absolute Gasteiger partial charge is 0.120 e. The lowest BCUT2D eigenvalue weighted by molar-refractivity contribution is -0.0989. The fourth-order valence-corrected chi connectivity index (χ4v) is 4.45. The fraction of sp³-hybridized carbons (Fsp3) is 0.478. The number of aromatic hydroxyl groups is 1. The average Bonchev–Trinajstić information content (AvgIpc) is 2.72. The zero-order valence-corrected chi connectivity index (χ0v) is 16.0. The van der Waals surface area contributed by atoms with E-state index in [4.69, 9.17) is 4.74 Å². The van der Waals surface area contributed by atoms with E-state index >= 15 is 0 Å². The van der Waals surface area contributed by atoms with E-state index in [2.05, 4.69) is 40.1 Å². The van der Waals surface area contributed by atoms with Crippen molar-refractivity contribution >= 4 is 0 Å². The number of hydrogen-bond acceptors (Lipinski definition) is 4. The summed E-state index contributed by atoms with van der Waals surface area (Å²) in [4.78, 5) is 5.14. The standard InChI is InChI=1S/C23H30N2O2/c26-22-9-5-4-8-21(22)18-25-16-17-27-19-23(25)11-14-24(15-12-23)13-10-20-6-2-1-3-7-20/h1-9,26H,10-19H2. The van der Waals surface area contributed by atoms with Crippen LogP contribution in [-0.2, 0) is 17.7 Å². The molecule has 4 rings (SSSR count). The van der Waals surface area contributed by atoms with Crippen LogP contribution in [0.25, 0.3) is 0 Å². The Labute approximate surface area is 162 Å². The van der Waals surface area contributed by atoms with Crippen molar-refractivity contribution in [2.75, 3.05) is 39.4 Å². The summed E-state index contributed by atoms with van der Waals surface area (Å²) in [5.74, 6) is 0.402. The molecule has 0 amide bonds. The minimum Gasteiger partial charge on any atom is -0.508 e. The first-order chi connectivity index (χ1) is 13.3. The predicted octanol–water partition coefficient (Wildman–Crippen LogP) is 3.30. The molecule has 0 aromatic heterocycles. The molecule has 2 fully saturated rings. The van der Waals surface area contributed by atoms with E-state index in [-0.39, 0.29) is 5.54 Å². The van der Waals surface area contributed by atoms with Gasteiger partial charge in [-0.2, -0.15) is 0 Å². The average molecular weight is 367 g/mol. The number of para-hydroxylation sites is 1. The minimum absolute atomic E-state index is 0.115. The van der Waals surface area contributed by atoms with Gasteiger partial charge in [0.05, 0.1) is 13.2 Å². The van der Waals surface area contributed by atoms with Crippen LogP contribution in [0.1, 0.15) is 24.0 Å². The highest BCUT2D eigenvalue weighted by atomic mass is 16.5. The van der Waals surface area contributed by atoms with Crippen LogP contribution < -0.4 is 0 Å². The quantitative estimate of drug-likeness (QED) is 0.881. The number of phenolic OH excluding ortho intramolecular Hbond substituents is 1. The molecule has 27 heavy (non-hydrogen) atoms. The number of nitrogens with zero attached hydrogens (tertiary/aromatic N) is 2. The fourth-order valence-electron chi connectivity index (χ4n) is 4.45. The summed E-state index contributed by atoms with van der Waals surface area (Å²) < 4.78 is 5.90. The van der Waals surface area contributed by atoms with Gasteiger partial charge in [0.2, 0.25) is 0 Å². The summed E-state index contributed by atoms with van der Waals surface area (Å²) >= 11 is 0. The van der Waals surface area contributed by atoms with E-state index in [0.717, 1.165) is 70.8 Å². The minimum atomic E-state index is 0.115. The van der Waals surface area contributed by atoms with Gasteiger partial charge in [0, 0.05) is 30.7 Å².